The van der Waals surface area contributed by atoms with Crippen LogP contribution in [-0.2, 0) is 0 Å². The van der Waals surface area contributed by atoms with Crippen LogP contribution in [0, 0.1) is 18.6 Å². The van der Waals surface area contributed by atoms with Crippen molar-refractivity contribution in [1.82, 2.24) is 35.8 Å². The molecule has 0 saturated carbocycles. The Hall–Kier alpha value is -5.58. The number of nitrogens with zero attached hydrogens (tertiary/aromatic N) is 4. The first kappa shape index (κ1) is 43.0. The summed E-state index contributed by atoms with van der Waals surface area (Å²) in [4.78, 5) is 54.3. The average molecular weight is 842 g/mol. The average Bonchev–Trinajstić information content (AvgIpc) is 3.26. The molecule has 2 fully saturated rings. The first-order valence-corrected chi connectivity index (χ1v) is 21.5. The second-order valence-corrected chi connectivity index (χ2v) is 15.5. The Bertz CT molecular complexity index is 2250. The van der Waals surface area contributed by atoms with Crippen molar-refractivity contribution in [2.24, 2.45) is 0 Å². The number of likely N-dealkylation sites (tertiary alicyclic amines) is 1. The fraction of sp³-hybridized carbons (Fsp3) is 0.302. The van der Waals surface area contributed by atoms with Crippen molar-refractivity contribution >= 4 is 41.2 Å². The first-order chi connectivity index (χ1) is 28.6. The van der Waals surface area contributed by atoms with Gasteiger partial charge >= 0.3 is 0 Å². The number of nitrogens with one attached hydrogen (secondary N) is 3. The molecule has 59 heavy (non-hydrogen) atoms. The number of aryl methyl sites for hydroxylation is 1. The number of piperidine rings is 2. The third-order valence-electron chi connectivity index (χ3n) is 9.67. The maximum absolute atomic E-state index is 13.9. The number of hydrogen-bond acceptors (Lipinski definition) is 11. The van der Waals surface area contributed by atoms with Crippen molar-refractivity contribution in [3.05, 3.63) is 125 Å². The Balaban J connectivity index is 0.000000208. The van der Waals surface area contributed by atoms with Gasteiger partial charge in [-0.1, -0.05) is 12.1 Å². The Labute approximate surface area is 350 Å². The number of amides is 3. The number of pyridine rings is 3. The van der Waals surface area contributed by atoms with Gasteiger partial charge in [0.25, 0.3) is 17.7 Å². The second-order valence-electron chi connectivity index (χ2n) is 13.7. The lowest BCUT2D eigenvalue weighted by Crippen LogP contribution is -2.46. The molecular weight excluding hydrogens is 797 g/mol. The van der Waals surface area contributed by atoms with Crippen LogP contribution in [0.3, 0.4) is 0 Å². The van der Waals surface area contributed by atoms with Crippen LogP contribution in [0.2, 0.25) is 0 Å². The van der Waals surface area contributed by atoms with E-state index in [9.17, 15) is 23.2 Å². The van der Waals surface area contributed by atoms with Crippen molar-refractivity contribution < 1.29 is 32.6 Å². The number of aromatic nitrogens is 3. The highest BCUT2D eigenvalue weighted by Crippen LogP contribution is 2.29. The molecule has 0 spiro atoms. The number of carbonyl (C=O) groups excluding carboxylic acids is 3. The molecule has 3 N–H and O–H groups in total. The SMILES string of the molecule is CSc1cccc(Oc2ncc(F)cc2C(=O)NC2CCN(C(=O)c3cccnc3C)CC2)c1.CSc1cccc(Oc2ncc(F)cc2C(=O)NC2CCNCC2)c1. The van der Waals surface area contributed by atoms with E-state index in [-0.39, 0.29) is 46.8 Å². The molecule has 2 aromatic carbocycles. The molecule has 7 rings (SSSR count). The van der Waals surface area contributed by atoms with Gasteiger partial charge in [-0.15, -0.1) is 23.5 Å². The van der Waals surface area contributed by atoms with Gasteiger partial charge in [-0.05, 0) is 119 Å². The van der Waals surface area contributed by atoms with Gasteiger partial charge in [-0.2, -0.15) is 0 Å². The summed E-state index contributed by atoms with van der Waals surface area (Å²) in [5, 5.41) is 9.12. The highest BCUT2D eigenvalue weighted by molar-refractivity contribution is 7.98. The van der Waals surface area contributed by atoms with Gasteiger partial charge in [0.1, 0.15) is 34.3 Å². The van der Waals surface area contributed by atoms with Gasteiger partial charge in [0.2, 0.25) is 11.8 Å². The minimum atomic E-state index is -0.623. The molecule has 5 heterocycles. The van der Waals surface area contributed by atoms with E-state index in [1.165, 1.54) is 0 Å². The van der Waals surface area contributed by atoms with E-state index in [1.807, 2.05) is 55.8 Å². The van der Waals surface area contributed by atoms with Crippen LogP contribution in [0.1, 0.15) is 62.5 Å². The quantitative estimate of drug-likeness (QED) is 0.113. The predicted molar refractivity (Wildman–Crippen MR) is 224 cm³/mol. The number of carbonyl (C=O) groups is 3. The van der Waals surface area contributed by atoms with Gasteiger partial charge in [-0.3, -0.25) is 19.4 Å². The van der Waals surface area contributed by atoms with Gasteiger partial charge in [-0.25, -0.2) is 18.7 Å². The smallest absolute Gasteiger partial charge is 0.257 e. The molecule has 12 nitrogen and oxygen atoms in total. The Morgan fingerprint density at radius 1 is 0.695 bits per heavy atom. The number of halogens is 2. The fourth-order valence-electron chi connectivity index (χ4n) is 6.49. The Kier molecular flexibility index (Phi) is 15.2. The highest BCUT2D eigenvalue weighted by Gasteiger charge is 2.27. The van der Waals surface area contributed by atoms with E-state index in [1.54, 1.807) is 58.9 Å². The van der Waals surface area contributed by atoms with Gasteiger partial charge in [0, 0.05) is 46.9 Å². The molecular formula is C43H45F2N7O5S2. The standard InChI is InChI=1S/C25H25FN4O3S.C18H20FN3O2S/c1-16-21(7-4-10-27-16)25(32)30-11-8-18(9-12-30)29-23(31)22-13-17(26)15-28-24(22)33-19-5-3-6-20(14-19)34-2;1-25-15-4-2-3-14(10-15)24-18-16(9-12(19)11-21-18)17(23)22-13-5-7-20-8-6-13/h3-7,10,13-15,18H,8-9,11-12H2,1-2H3,(H,29,31);2-4,9-11,13,20H,5-8H2,1H3,(H,22,23). The molecule has 5 aromatic rings. The molecule has 0 unspecified atom stereocenters. The first-order valence-electron chi connectivity index (χ1n) is 19.1. The molecule has 308 valence electrons. The summed E-state index contributed by atoms with van der Waals surface area (Å²) in [7, 11) is 0. The van der Waals surface area contributed by atoms with Crippen molar-refractivity contribution in [1.29, 1.82) is 0 Å². The van der Waals surface area contributed by atoms with Crippen molar-refractivity contribution in [3.63, 3.8) is 0 Å². The number of benzene rings is 2. The summed E-state index contributed by atoms with van der Waals surface area (Å²) in [6.45, 7) is 4.54. The van der Waals surface area contributed by atoms with E-state index < -0.39 is 17.5 Å². The third-order valence-corrected chi connectivity index (χ3v) is 11.1. The monoisotopic (exact) mass is 841 g/mol. The van der Waals surface area contributed by atoms with Crippen molar-refractivity contribution in [2.75, 3.05) is 38.7 Å². The van der Waals surface area contributed by atoms with Crippen molar-refractivity contribution in [3.8, 4) is 23.3 Å². The van der Waals surface area contributed by atoms with Crippen LogP contribution in [0.15, 0.2) is 101 Å². The molecule has 16 heteroatoms. The maximum Gasteiger partial charge on any atom is 0.257 e. The van der Waals surface area contributed by atoms with Crippen LogP contribution >= 0.6 is 23.5 Å². The largest absolute Gasteiger partial charge is 0.438 e. The lowest BCUT2D eigenvalue weighted by molar-refractivity contribution is 0.0696. The van der Waals surface area contributed by atoms with E-state index >= 15 is 0 Å². The van der Waals surface area contributed by atoms with E-state index in [2.05, 4.69) is 30.9 Å². The minimum absolute atomic E-state index is 0.0269. The zero-order valence-corrected chi connectivity index (χ0v) is 34.5. The summed E-state index contributed by atoms with van der Waals surface area (Å²) in [6, 6.07) is 20.5. The molecule has 0 radical (unpaired) electrons. The predicted octanol–water partition coefficient (Wildman–Crippen LogP) is 7.69. The molecule has 3 amide bonds. The Morgan fingerprint density at radius 3 is 1.69 bits per heavy atom. The zero-order valence-electron chi connectivity index (χ0n) is 32.9. The van der Waals surface area contributed by atoms with Crippen LogP contribution in [0.4, 0.5) is 8.78 Å². The third kappa shape index (κ3) is 12.0. The fourth-order valence-corrected chi connectivity index (χ4v) is 7.39. The van der Waals surface area contributed by atoms with Crippen LogP contribution in [0.5, 0.6) is 23.3 Å². The Morgan fingerprint density at radius 2 is 1.20 bits per heavy atom. The summed E-state index contributed by atoms with van der Waals surface area (Å²) in [6.07, 6.45) is 10.5. The van der Waals surface area contributed by atoms with Crippen LogP contribution < -0.4 is 25.4 Å². The van der Waals surface area contributed by atoms with E-state index in [4.69, 9.17) is 9.47 Å². The molecule has 3 aromatic heterocycles. The number of hydrogen-bond donors (Lipinski definition) is 3. The van der Waals surface area contributed by atoms with Gasteiger partial charge in [0.05, 0.1) is 18.0 Å². The van der Waals surface area contributed by atoms with Gasteiger partial charge < -0.3 is 30.3 Å². The topological polar surface area (TPSA) is 148 Å². The van der Waals surface area contributed by atoms with Crippen LogP contribution in [-0.4, -0.2) is 88.3 Å². The summed E-state index contributed by atoms with van der Waals surface area (Å²) >= 11 is 3.14. The molecule has 2 saturated heterocycles. The number of rotatable bonds is 11. The highest BCUT2D eigenvalue weighted by atomic mass is 32.2. The maximum atomic E-state index is 13.9. The van der Waals surface area contributed by atoms with E-state index in [0.29, 0.717) is 48.7 Å². The normalized spacial score (nSPS) is 14.4. The van der Waals surface area contributed by atoms with E-state index in [0.717, 1.165) is 60.2 Å². The lowest BCUT2D eigenvalue weighted by Gasteiger charge is -2.32. The summed E-state index contributed by atoms with van der Waals surface area (Å²) in [5.74, 6) is -0.871. The molecule has 0 atom stereocenters. The summed E-state index contributed by atoms with van der Waals surface area (Å²) in [5.41, 5.74) is 1.41. The minimum Gasteiger partial charge on any atom is -0.438 e. The second kappa shape index (κ2) is 20.9. The molecule has 2 aliphatic rings. The molecule has 2 aliphatic heterocycles. The van der Waals surface area contributed by atoms with Crippen LogP contribution in [0.25, 0.3) is 0 Å². The number of thioether (sulfide) groups is 2. The zero-order chi connectivity index (χ0) is 41.7. The van der Waals surface area contributed by atoms with Crippen molar-refractivity contribution in [2.45, 2.75) is 54.5 Å². The lowest BCUT2D eigenvalue weighted by atomic mass is 10.0. The summed E-state index contributed by atoms with van der Waals surface area (Å²) < 4.78 is 39.1. The molecule has 0 aliphatic carbocycles. The number of ether oxygens (including phenoxy) is 2. The van der Waals surface area contributed by atoms with Gasteiger partial charge in [0.15, 0.2) is 0 Å². The molecule has 0 bridgehead atoms.